The summed E-state index contributed by atoms with van der Waals surface area (Å²) in [6.07, 6.45) is 0.292. The van der Waals surface area contributed by atoms with Gasteiger partial charge in [0, 0.05) is 6.54 Å². The number of rotatable bonds is 5. The third kappa shape index (κ3) is 3.45. The highest BCUT2D eigenvalue weighted by molar-refractivity contribution is 5.81. The van der Waals surface area contributed by atoms with Crippen LogP contribution in [0.2, 0.25) is 0 Å². The van der Waals surface area contributed by atoms with Crippen LogP contribution >= 0.6 is 0 Å². The Bertz CT molecular complexity index is 629. The fourth-order valence-electron chi connectivity index (χ4n) is 1.81. The number of hydrogen-bond acceptors (Lipinski definition) is 3. The standard InChI is InChI=1S/C13H18N4O2/c1-8(6-14)7-15-12(18)5-9-2-3-10-11(4-9)17-13(19)16-10/h2-4,8H,5-7,14H2,1H3,(H,15,18)(H2,16,17,19). The van der Waals surface area contributed by atoms with Gasteiger partial charge < -0.3 is 21.0 Å². The molecule has 6 nitrogen and oxygen atoms in total. The SMILES string of the molecule is CC(CN)CNC(=O)Cc1ccc2[nH]c(=O)[nH]c2c1. The lowest BCUT2D eigenvalue weighted by molar-refractivity contribution is -0.120. The van der Waals surface area contributed by atoms with Crippen LogP contribution in [0.1, 0.15) is 12.5 Å². The van der Waals surface area contributed by atoms with Crippen LogP contribution in [0.25, 0.3) is 11.0 Å². The Morgan fingerprint density at radius 1 is 1.37 bits per heavy atom. The van der Waals surface area contributed by atoms with E-state index < -0.39 is 0 Å². The summed E-state index contributed by atoms with van der Waals surface area (Å²) in [6.45, 7) is 3.12. The zero-order chi connectivity index (χ0) is 13.8. The molecule has 0 spiro atoms. The number of nitrogens with one attached hydrogen (secondary N) is 3. The molecular formula is C13H18N4O2. The number of H-pyrrole nitrogens is 2. The van der Waals surface area contributed by atoms with Crippen molar-refractivity contribution in [3.63, 3.8) is 0 Å². The number of aromatic amines is 2. The van der Waals surface area contributed by atoms with E-state index in [1.54, 1.807) is 12.1 Å². The van der Waals surface area contributed by atoms with Gasteiger partial charge in [-0.25, -0.2) is 4.79 Å². The van der Waals surface area contributed by atoms with Crippen molar-refractivity contribution in [1.82, 2.24) is 15.3 Å². The lowest BCUT2D eigenvalue weighted by Gasteiger charge is -2.10. The third-order valence-corrected chi connectivity index (χ3v) is 3.00. The molecule has 0 bridgehead atoms. The molecule has 19 heavy (non-hydrogen) atoms. The van der Waals surface area contributed by atoms with Crippen LogP contribution in [-0.4, -0.2) is 29.0 Å². The van der Waals surface area contributed by atoms with E-state index in [0.29, 0.717) is 25.0 Å². The lowest BCUT2D eigenvalue weighted by atomic mass is 10.1. The summed E-state index contributed by atoms with van der Waals surface area (Å²) in [5, 5.41) is 2.84. The summed E-state index contributed by atoms with van der Waals surface area (Å²) in [4.78, 5) is 28.2. The molecule has 0 fully saturated rings. The molecule has 2 rings (SSSR count). The van der Waals surface area contributed by atoms with Crippen molar-refractivity contribution in [3.05, 3.63) is 34.2 Å². The summed E-state index contributed by atoms with van der Waals surface area (Å²) < 4.78 is 0. The second-order valence-corrected chi connectivity index (χ2v) is 4.78. The van der Waals surface area contributed by atoms with Crippen molar-refractivity contribution < 1.29 is 4.79 Å². The molecule has 5 N–H and O–H groups in total. The lowest BCUT2D eigenvalue weighted by Crippen LogP contribution is -2.32. The minimum absolute atomic E-state index is 0.0440. The van der Waals surface area contributed by atoms with Gasteiger partial charge in [-0.05, 0) is 30.2 Å². The van der Waals surface area contributed by atoms with Crippen molar-refractivity contribution in [2.75, 3.05) is 13.1 Å². The van der Waals surface area contributed by atoms with E-state index in [9.17, 15) is 9.59 Å². The van der Waals surface area contributed by atoms with Crippen molar-refractivity contribution in [3.8, 4) is 0 Å². The van der Waals surface area contributed by atoms with Gasteiger partial charge in [-0.15, -0.1) is 0 Å². The van der Waals surface area contributed by atoms with Gasteiger partial charge in [0.05, 0.1) is 17.5 Å². The van der Waals surface area contributed by atoms with Crippen LogP contribution < -0.4 is 16.7 Å². The molecule has 0 saturated carbocycles. The number of amides is 1. The molecule has 1 aromatic carbocycles. The molecule has 0 radical (unpaired) electrons. The maximum absolute atomic E-state index is 11.7. The van der Waals surface area contributed by atoms with Crippen molar-refractivity contribution in [2.45, 2.75) is 13.3 Å². The van der Waals surface area contributed by atoms with Gasteiger partial charge in [0.15, 0.2) is 0 Å². The molecule has 102 valence electrons. The van der Waals surface area contributed by atoms with E-state index in [1.807, 2.05) is 13.0 Å². The van der Waals surface area contributed by atoms with Gasteiger partial charge in [-0.1, -0.05) is 13.0 Å². The summed E-state index contributed by atoms with van der Waals surface area (Å²) in [6, 6.07) is 5.43. The maximum Gasteiger partial charge on any atom is 0.323 e. The molecule has 0 aliphatic heterocycles. The number of benzene rings is 1. The van der Waals surface area contributed by atoms with Crippen molar-refractivity contribution in [1.29, 1.82) is 0 Å². The van der Waals surface area contributed by atoms with Crippen LogP contribution in [-0.2, 0) is 11.2 Å². The Morgan fingerprint density at radius 3 is 2.84 bits per heavy atom. The van der Waals surface area contributed by atoms with E-state index in [4.69, 9.17) is 5.73 Å². The monoisotopic (exact) mass is 262 g/mol. The van der Waals surface area contributed by atoms with Crippen LogP contribution in [0.3, 0.4) is 0 Å². The number of nitrogens with two attached hydrogens (primary N) is 1. The highest BCUT2D eigenvalue weighted by atomic mass is 16.1. The fourth-order valence-corrected chi connectivity index (χ4v) is 1.81. The maximum atomic E-state index is 11.7. The van der Waals surface area contributed by atoms with Crippen LogP contribution in [0, 0.1) is 5.92 Å². The van der Waals surface area contributed by atoms with E-state index in [2.05, 4.69) is 15.3 Å². The largest absolute Gasteiger partial charge is 0.356 e. The molecule has 1 amide bonds. The van der Waals surface area contributed by atoms with Gasteiger partial charge in [0.25, 0.3) is 0 Å². The Labute approximate surface area is 110 Å². The fraction of sp³-hybridized carbons (Fsp3) is 0.385. The number of carbonyl (C=O) groups is 1. The number of aromatic nitrogens is 2. The predicted molar refractivity (Wildman–Crippen MR) is 73.9 cm³/mol. The molecule has 0 aliphatic rings. The van der Waals surface area contributed by atoms with E-state index >= 15 is 0 Å². The number of fused-ring (bicyclic) bond motifs is 1. The Kier molecular flexibility index (Phi) is 4.01. The molecule has 0 aliphatic carbocycles. The van der Waals surface area contributed by atoms with Gasteiger partial charge in [-0.2, -0.15) is 0 Å². The second-order valence-electron chi connectivity index (χ2n) is 4.78. The Balaban J connectivity index is 2.00. The molecule has 1 unspecified atom stereocenters. The summed E-state index contributed by atoms with van der Waals surface area (Å²) in [7, 11) is 0. The van der Waals surface area contributed by atoms with Crippen molar-refractivity contribution >= 4 is 16.9 Å². The number of imidazole rings is 1. The second kappa shape index (κ2) is 5.71. The highest BCUT2D eigenvalue weighted by Crippen LogP contribution is 2.10. The first-order chi connectivity index (χ1) is 9.08. The average Bonchev–Trinajstić information content (AvgIpc) is 2.75. The first-order valence-corrected chi connectivity index (χ1v) is 6.26. The minimum Gasteiger partial charge on any atom is -0.356 e. The smallest absolute Gasteiger partial charge is 0.323 e. The molecule has 2 aromatic rings. The summed E-state index contributed by atoms with van der Waals surface area (Å²) >= 11 is 0. The predicted octanol–water partition coefficient (Wildman–Crippen LogP) is 0.110. The van der Waals surface area contributed by atoms with Crippen LogP contribution in [0.15, 0.2) is 23.0 Å². The molecule has 0 saturated heterocycles. The first-order valence-electron chi connectivity index (χ1n) is 6.26. The van der Waals surface area contributed by atoms with Gasteiger partial charge >= 0.3 is 5.69 Å². The number of carbonyl (C=O) groups excluding carboxylic acids is 1. The minimum atomic E-state index is -0.242. The quantitative estimate of drug-likeness (QED) is 0.614. The zero-order valence-corrected chi connectivity index (χ0v) is 10.8. The van der Waals surface area contributed by atoms with Crippen LogP contribution in [0.5, 0.6) is 0 Å². The first kappa shape index (κ1) is 13.4. The molecular weight excluding hydrogens is 244 g/mol. The van der Waals surface area contributed by atoms with Gasteiger partial charge in [0.1, 0.15) is 0 Å². The summed E-state index contributed by atoms with van der Waals surface area (Å²) in [5.41, 5.74) is 7.56. The normalized spacial score (nSPS) is 12.5. The van der Waals surface area contributed by atoms with E-state index in [1.165, 1.54) is 0 Å². The Hall–Kier alpha value is -2.08. The van der Waals surface area contributed by atoms with Crippen LogP contribution in [0.4, 0.5) is 0 Å². The molecule has 1 atom stereocenters. The van der Waals surface area contributed by atoms with Gasteiger partial charge in [-0.3, -0.25) is 4.79 Å². The highest BCUT2D eigenvalue weighted by Gasteiger charge is 2.07. The third-order valence-electron chi connectivity index (χ3n) is 3.00. The van der Waals surface area contributed by atoms with E-state index in [-0.39, 0.29) is 17.5 Å². The molecule has 1 aromatic heterocycles. The van der Waals surface area contributed by atoms with Crippen molar-refractivity contribution in [2.24, 2.45) is 11.7 Å². The molecule has 6 heteroatoms. The van der Waals surface area contributed by atoms with Gasteiger partial charge in [0.2, 0.25) is 5.91 Å². The molecule has 1 heterocycles. The summed E-state index contributed by atoms with van der Waals surface area (Å²) in [5.74, 6) is 0.227. The number of hydrogen-bond donors (Lipinski definition) is 4. The zero-order valence-electron chi connectivity index (χ0n) is 10.8. The van der Waals surface area contributed by atoms with E-state index in [0.717, 1.165) is 11.1 Å². The Morgan fingerprint density at radius 2 is 2.11 bits per heavy atom. The topological polar surface area (TPSA) is 104 Å². The average molecular weight is 262 g/mol.